The normalized spacial score (nSPS) is 14.9. The number of aromatic nitrogens is 1. The number of thiophene rings is 1. The fourth-order valence-electron chi connectivity index (χ4n) is 4.88. The number of fused-ring (bicyclic) bond motifs is 1. The average molecular weight is 597 g/mol. The number of carboxylic acids is 1. The second-order valence-electron chi connectivity index (χ2n) is 9.48. The number of esters is 1. The summed E-state index contributed by atoms with van der Waals surface area (Å²) in [5.41, 5.74) is 2.87. The van der Waals surface area contributed by atoms with Crippen molar-refractivity contribution in [1.82, 2.24) is 4.57 Å². The highest BCUT2D eigenvalue weighted by atomic mass is 32.1. The fourth-order valence-corrected chi connectivity index (χ4v) is 6.69. The largest absolute Gasteiger partial charge is 0.478 e. The summed E-state index contributed by atoms with van der Waals surface area (Å²) in [6, 6.07) is 20.8. The van der Waals surface area contributed by atoms with E-state index in [1.54, 1.807) is 47.9 Å². The van der Waals surface area contributed by atoms with E-state index in [1.807, 2.05) is 54.8 Å². The number of nitrogens with zero attached hydrogens (tertiary/aromatic N) is 2. The second-order valence-corrected chi connectivity index (χ2v) is 11.5. The van der Waals surface area contributed by atoms with Crippen LogP contribution in [0.2, 0.25) is 0 Å². The first-order valence-electron chi connectivity index (χ1n) is 13.1. The van der Waals surface area contributed by atoms with Crippen LogP contribution in [0.5, 0.6) is 0 Å². The molecule has 210 valence electrons. The van der Waals surface area contributed by atoms with Gasteiger partial charge in [0.1, 0.15) is 17.6 Å². The molecule has 8 nitrogen and oxygen atoms in total. The Kier molecular flexibility index (Phi) is 7.32. The van der Waals surface area contributed by atoms with Crippen molar-refractivity contribution in [1.29, 1.82) is 0 Å². The molecule has 0 fully saturated rings. The van der Waals surface area contributed by atoms with Crippen molar-refractivity contribution in [3.8, 4) is 11.3 Å². The molecule has 1 N–H and O–H groups in total. The van der Waals surface area contributed by atoms with Crippen molar-refractivity contribution in [2.75, 3.05) is 6.61 Å². The van der Waals surface area contributed by atoms with Gasteiger partial charge in [-0.2, -0.15) is 0 Å². The lowest BCUT2D eigenvalue weighted by molar-refractivity contribution is -0.138. The molecule has 0 bridgehead atoms. The molecule has 1 atom stereocenters. The van der Waals surface area contributed by atoms with E-state index in [0.717, 1.165) is 16.0 Å². The molecule has 42 heavy (non-hydrogen) atoms. The standard InChI is InChI=1S/C32H24N2O6S2/c1-3-39-31(38)26-27(19-8-5-4-6-9-19)33-32-34(28(26)24-10-7-15-41-24)29(35)25(42-32)17-21-13-14-23(40-21)22-16-20(30(36)37)12-11-18(22)2/h4-17,28H,3H2,1-2H3,(H,36,37)/b25-17-/t28-/m0/s1. The monoisotopic (exact) mass is 596 g/mol. The van der Waals surface area contributed by atoms with Crippen LogP contribution in [-0.4, -0.2) is 28.2 Å². The summed E-state index contributed by atoms with van der Waals surface area (Å²) in [7, 11) is 0. The zero-order valence-electron chi connectivity index (χ0n) is 22.6. The maximum absolute atomic E-state index is 13.9. The minimum absolute atomic E-state index is 0.155. The van der Waals surface area contributed by atoms with Gasteiger partial charge in [-0.15, -0.1) is 11.3 Å². The van der Waals surface area contributed by atoms with Gasteiger partial charge in [0.15, 0.2) is 4.80 Å². The Morgan fingerprint density at radius 2 is 1.90 bits per heavy atom. The molecule has 1 aliphatic heterocycles. The molecular formula is C32H24N2O6S2. The van der Waals surface area contributed by atoms with E-state index >= 15 is 0 Å². The van der Waals surface area contributed by atoms with Gasteiger partial charge in [-0.25, -0.2) is 14.6 Å². The number of carboxylic acid groups (broad SMARTS) is 1. The number of rotatable bonds is 7. The first kappa shape index (κ1) is 27.4. The lowest BCUT2D eigenvalue weighted by Crippen LogP contribution is -2.39. The number of hydrogen-bond acceptors (Lipinski definition) is 8. The lowest BCUT2D eigenvalue weighted by atomic mass is 9.97. The van der Waals surface area contributed by atoms with Crippen molar-refractivity contribution in [2.24, 2.45) is 4.99 Å². The van der Waals surface area contributed by atoms with Crippen LogP contribution in [-0.2, 0) is 9.53 Å². The van der Waals surface area contributed by atoms with E-state index in [0.29, 0.717) is 37.7 Å². The minimum atomic E-state index is -1.03. The first-order valence-corrected chi connectivity index (χ1v) is 14.8. The number of hydrogen-bond donors (Lipinski definition) is 1. The van der Waals surface area contributed by atoms with Crippen molar-refractivity contribution in [3.05, 3.63) is 131 Å². The molecule has 4 heterocycles. The van der Waals surface area contributed by atoms with Gasteiger partial charge < -0.3 is 14.3 Å². The van der Waals surface area contributed by atoms with Crippen LogP contribution in [0.1, 0.15) is 45.1 Å². The van der Waals surface area contributed by atoms with Gasteiger partial charge in [-0.3, -0.25) is 9.36 Å². The van der Waals surface area contributed by atoms with E-state index < -0.39 is 18.0 Å². The molecule has 5 aromatic rings. The van der Waals surface area contributed by atoms with E-state index in [4.69, 9.17) is 14.1 Å². The Hall–Kier alpha value is -4.80. The number of carbonyl (C=O) groups excluding carboxylic acids is 1. The summed E-state index contributed by atoms with van der Waals surface area (Å²) in [4.78, 5) is 45.0. The maximum Gasteiger partial charge on any atom is 0.338 e. The van der Waals surface area contributed by atoms with Crippen molar-refractivity contribution in [3.63, 3.8) is 0 Å². The fraction of sp³-hybridized carbons (Fsp3) is 0.125. The van der Waals surface area contributed by atoms with E-state index in [2.05, 4.69) is 0 Å². The average Bonchev–Trinajstić information content (AvgIpc) is 3.75. The smallest absolute Gasteiger partial charge is 0.338 e. The third-order valence-electron chi connectivity index (χ3n) is 6.84. The SMILES string of the molecule is CCOC(=O)C1=C(c2ccccc2)N=c2s/c(=C\c3ccc(-c4cc(C(=O)O)ccc4C)o3)c(=O)n2[C@H]1c1cccs1. The van der Waals surface area contributed by atoms with Crippen molar-refractivity contribution in [2.45, 2.75) is 19.9 Å². The van der Waals surface area contributed by atoms with Gasteiger partial charge in [-0.1, -0.05) is 53.8 Å². The summed E-state index contributed by atoms with van der Waals surface area (Å²) in [5.74, 6) is -0.637. The number of furan rings is 1. The molecule has 0 radical (unpaired) electrons. The topological polar surface area (TPSA) is 111 Å². The molecule has 0 amide bonds. The Bertz CT molecular complexity index is 2030. The highest BCUT2D eigenvalue weighted by Crippen LogP contribution is 2.37. The molecule has 1 aliphatic rings. The second kappa shape index (κ2) is 11.2. The molecule has 0 unspecified atom stereocenters. The lowest BCUT2D eigenvalue weighted by Gasteiger charge is -2.24. The third-order valence-corrected chi connectivity index (χ3v) is 8.74. The van der Waals surface area contributed by atoms with Crippen LogP contribution in [0.25, 0.3) is 23.1 Å². The van der Waals surface area contributed by atoms with Gasteiger partial charge in [0.2, 0.25) is 0 Å². The molecule has 10 heteroatoms. The predicted octanol–water partition coefficient (Wildman–Crippen LogP) is 5.26. The quantitative estimate of drug-likeness (QED) is 0.257. The number of thiazole rings is 1. The van der Waals surface area contributed by atoms with Gasteiger partial charge in [0.25, 0.3) is 5.56 Å². The van der Waals surface area contributed by atoms with E-state index in [1.165, 1.54) is 22.7 Å². The summed E-state index contributed by atoms with van der Waals surface area (Å²) in [5, 5.41) is 11.3. The zero-order valence-corrected chi connectivity index (χ0v) is 24.2. The van der Waals surface area contributed by atoms with Gasteiger partial charge >= 0.3 is 11.9 Å². The van der Waals surface area contributed by atoms with Crippen LogP contribution >= 0.6 is 22.7 Å². The molecule has 2 aromatic carbocycles. The summed E-state index contributed by atoms with van der Waals surface area (Å²) in [6.07, 6.45) is 1.64. The van der Waals surface area contributed by atoms with Crippen LogP contribution in [0.3, 0.4) is 0 Å². The van der Waals surface area contributed by atoms with Crippen molar-refractivity contribution >= 4 is 46.4 Å². The Labute approximate surface area is 247 Å². The highest BCUT2D eigenvalue weighted by Gasteiger charge is 2.35. The molecule has 0 spiro atoms. The Morgan fingerprint density at radius 3 is 2.62 bits per heavy atom. The zero-order chi connectivity index (χ0) is 29.4. The molecule has 0 saturated carbocycles. The van der Waals surface area contributed by atoms with E-state index in [9.17, 15) is 19.5 Å². The van der Waals surface area contributed by atoms with Crippen LogP contribution in [0.4, 0.5) is 0 Å². The summed E-state index contributed by atoms with van der Waals surface area (Å²) >= 11 is 2.65. The molecular weight excluding hydrogens is 572 g/mol. The number of aromatic carboxylic acids is 1. The van der Waals surface area contributed by atoms with Gasteiger partial charge in [-0.05, 0) is 55.1 Å². The Morgan fingerprint density at radius 1 is 1.10 bits per heavy atom. The number of aryl methyl sites for hydroxylation is 1. The highest BCUT2D eigenvalue weighted by molar-refractivity contribution is 7.10. The van der Waals surface area contributed by atoms with Gasteiger partial charge in [0, 0.05) is 22.1 Å². The van der Waals surface area contributed by atoms with Crippen molar-refractivity contribution < 1.29 is 23.8 Å². The maximum atomic E-state index is 13.9. The minimum Gasteiger partial charge on any atom is -0.478 e. The van der Waals surface area contributed by atoms with Crippen LogP contribution in [0, 0.1) is 6.92 Å². The predicted molar refractivity (Wildman–Crippen MR) is 161 cm³/mol. The summed E-state index contributed by atoms with van der Waals surface area (Å²) < 4.78 is 13.5. The number of carbonyl (C=O) groups is 2. The van der Waals surface area contributed by atoms with Gasteiger partial charge in [0.05, 0.1) is 28.0 Å². The van der Waals surface area contributed by atoms with E-state index in [-0.39, 0.29) is 17.7 Å². The van der Waals surface area contributed by atoms with Crippen LogP contribution in [0.15, 0.2) is 98.0 Å². The third kappa shape index (κ3) is 4.95. The number of ether oxygens (including phenoxy) is 1. The molecule has 3 aromatic heterocycles. The van der Waals surface area contributed by atoms with Crippen LogP contribution < -0.4 is 14.9 Å². The first-order chi connectivity index (χ1) is 20.4. The summed E-state index contributed by atoms with van der Waals surface area (Å²) in [6.45, 7) is 3.80. The Balaban J connectivity index is 1.52. The molecule has 0 saturated heterocycles. The molecule has 6 rings (SSSR count). The molecule has 0 aliphatic carbocycles. The number of benzene rings is 2.